The summed E-state index contributed by atoms with van der Waals surface area (Å²) in [6.45, 7) is 3.41. The summed E-state index contributed by atoms with van der Waals surface area (Å²) in [5, 5.41) is 0. The number of hydrogen-bond acceptors (Lipinski definition) is 2. The molecule has 8 heteroatoms. The van der Waals surface area contributed by atoms with E-state index in [9.17, 15) is 27.2 Å². The quantitative estimate of drug-likeness (QED) is 0.611. The van der Waals surface area contributed by atoms with E-state index in [-0.39, 0.29) is 13.1 Å². The van der Waals surface area contributed by atoms with Crippen molar-refractivity contribution in [3.63, 3.8) is 0 Å². The highest BCUT2D eigenvalue weighted by atomic mass is 19.3. The van der Waals surface area contributed by atoms with Crippen LogP contribution >= 0.6 is 0 Å². The van der Waals surface area contributed by atoms with Gasteiger partial charge in [-0.25, -0.2) is 0 Å². The predicted octanol–water partition coefficient (Wildman–Crippen LogP) is 2.77. The monoisotopic (exact) mass is 328 g/mol. The van der Waals surface area contributed by atoms with Gasteiger partial charge in [-0.05, 0) is 12.8 Å². The minimum absolute atomic E-state index is 0.0686. The summed E-state index contributed by atoms with van der Waals surface area (Å²) in [5.41, 5.74) is 0. The molecule has 0 aromatic carbocycles. The number of rotatable bonds is 9. The Hall–Kier alpha value is -1.34. The average Bonchev–Trinajstić information content (AvgIpc) is 2.47. The zero-order chi connectivity index (χ0) is 17.6. The summed E-state index contributed by atoms with van der Waals surface area (Å²) < 4.78 is 55.3. The van der Waals surface area contributed by atoms with Crippen LogP contribution in [0.2, 0.25) is 0 Å². The van der Waals surface area contributed by atoms with Gasteiger partial charge < -0.3 is 9.80 Å². The molecule has 22 heavy (non-hydrogen) atoms. The first kappa shape index (κ1) is 20.7. The molecule has 0 fully saturated rings. The SMILES string of the molecule is CCCCN(C)C(=O)C(F)(F)C(F)(F)C(=O)N(C)CCCC. The normalized spacial score (nSPS) is 12.2. The molecule has 4 nitrogen and oxygen atoms in total. The second kappa shape index (κ2) is 8.33. The maximum Gasteiger partial charge on any atom is 0.395 e. The molecule has 2 amide bonds. The summed E-state index contributed by atoms with van der Waals surface area (Å²) in [6.07, 6.45) is 2.07. The molecule has 0 bridgehead atoms. The number of hydrogen-bond donors (Lipinski definition) is 0. The van der Waals surface area contributed by atoms with Gasteiger partial charge in [-0.3, -0.25) is 9.59 Å². The molecule has 0 aromatic rings. The highest BCUT2D eigenvalue weighted by molar-refractivity contribution is 5.94. The van der Waals surface area contributed by atoms with Crippen LogP contribution in [0.1, 0.15) is 39.5 Å². The summed E-state index contributed by atoms with van der Waals surface area (Å²) in [7, 11) is 2.04. The minimum atomic E-state index is -5.06. The van der Waals surface area contributed by atoms with E-state index < -0.39 is 23.7 Å². The zero-order valence-electron chi connectivity index (χ0n) is 13.5. The largest absolute Gasteiger partial charge is 0.395 e. The summed E-state index contributed by atoms with van der Waals surface area (Å²) in [6, 6.07) is 0. The first-order valence-electron chi connectivity index (χ1n) is 7.30. The molecule has 0 aromatic heterocycles. The van der Waals surface area contributed by atoms with Crippen molar-refractivity contribution in [3.05, 3.63) is 0 Å². The maximum absolute atomic E-state index is 13.8. The Labute approximate surface area is 128 Å². The highest BCUT2D eigenvalue weighted by Gasteiger charge is 2.68. The average molecular weight is 328 g/mol. The fraction of sp³-hybridized carbons (Fsp3) is 0.857. The van der Waals surface area contributed by atoms with Crippen LogP contribution < -0.4 is 0 Å². The number of carbonyl (C=O) groups is 2. The predicted molar refractivity (Wildman–Crippen MR) is 75.0 cm³/mol. The lowest BCUT2D eigenvalue weighted by Crippen LogP contribution is -2.59. The van der Waals surface area contributed by atoms with E-state index >= 15 is 0 Å². The van der Waals surface area contributed by atoms with Crippen LogP contribution in [0.5, 0.6) is 0 Å². The van der Waals surface area contributed by atoms with Crippen LogP contribution in [0, 0.1) is 0 Å². The van der Waals surface area contributed by atoms with Gasteiger partial charge in [0.05, 0.1) is 0 Å². The van der Waals surface area contributed by atoms with Crippen LogP contribution in [0.3, 0.4) is 0 Å². The van der Waals surface area contributed by atoms with E-state index in [4.69, 9.17) is 0 Å². The summed E-state index contributed by atoms with van der Waals surface area (Å²) >= 11 is 0. The molecule has 0 N–H and O–H groups in total. The van der Waals surface area contributed by atoms with Crippen molar-refractivity contribution in [1.29, 1.82) is 0 Å². The van der Waals surface area contributed by atoms with Gasteiger partial charge in [-0.2, -0.15) is 17.6 Å². The van der Waals surface area contributed by atoms with Gasteiger partial charge in [-0.1, -0.05) is 26.7 Å². The fourth-order valence-electron chi connectivity index (χ4n) is 1.74. The van der Waals surface area contributed by atoms with Gasteiger partial charge in [0.2, 0.25) is 0 Å². The molecule has 0 atom stereocenters. The summed E-state index contributed by atoms with van der Waals surface area (Å²) in [4.78, 5) is 24.2. The maximum atomic E-state index is 13.8. The van der Waals surface area contributed by atoms with Crippen molar-refractivity contribution in [2.45, 2.75) is 51.4 Å². The van der Waals surface area contributed by atoms with Crippen LogP contribution in [-0.2, 0) is 9.59 Å². The molecule has 0 spiro atoms. The lowest BCUT2D eigenvalue weighted by atomic mass is 10.1. The van der Waals surface area contributed by atoms with Gasteiger partial charge in [0.25, 0.3) is 11.8 Å². The minimum Gasteiger partial charge on any atom is -0.340 e. The molecule has 0 saturated carbocycles. The van der Waals surface area contributed by atoms with Crippen LogP contribution in [0.4, 0.5) is 17.6 Å². The van der Waals surface area contributed by atoms with Crippen LogP contribution in [-0.4, -0.2) is 60.6 Å². The van der Waals surface area contributed by atoms with E-state index in [1.165, 1.54) is 0 Å². The molecule has 0 aliphatic heterocycles. The first-order chi connectivity index (χ1) is 10.0. The number of amides is 2. The Balaban J connectivity index is 5.12. The molecule has 130 valence electrons. The van der Waals surface area contributed by atoms with E-state index in [0.29, 0.717) is 35.5 Å². The number of halogens is 4. The zero-order valence-corrected chi connectivity index (χ0v) is 13.5. The second-order valence-electron chi connectivity index (χ2n) is 5.31. The standard InChI is InChI=1S/C14H24F4N2O2/c1-5-7-9-19(3)11(21)13(15,16)14(17,18)12(22)20(4)10-8-6-2/h5-10H2,1-4H3. The number of alkyl halides is 4. The Morgan fingerprint density at radius 1 is 0.773 bits per heavy atom. The number of unbranched alkanes of at least 4 members (excludes halogenated alkanes) is 2. The molecule has 0 radical (unpaired) electrons. The third-order valence-electron chi connectivity index (χ3n) is 3.32. The third-order valence-corrected chi connectivity index (χ3v) is 3.32. The summed E-state index contributed by atoms with van der Waals surface area (Å²) in [5.74, 6) is -14.2. The molecule has 0 heterocycles. The van der Waals surface area contributed by atoms with Gasteiger partial charge in [-0.15, -0.1) is 0 Å². The lowest BCUT2D eigenvalue weighted by Gasteiger charge is -2.30. The second-order valence-corrected chi connectivity index (χ2v) is 5.31. The van der Waals surface area contributed by atoms with Crippen molar-refractivity contribution in [1.82, 2.24) is 9.80 Å². The molecular formula is C14H24F4N2O2. The van der Waals surface area contributed by atoms with E-state index in [2.05, 4.69) is 0 Å². The third kappa shape index (κ3) is 4.58. The molecule has 0 unspecified atom stereocenters. The topological polar surface area (TPSA) is 40.6 Å². The van der Waals surface area contributed by atoms with Crippen molar-refractivity contribution in [3.8, 4) is 0 Å². The van der Waals surface area contributed by atoms with Gasteiger partial charge in [0, 0.05) is 27.2 Å². The Morgan fingerprint density at radius 2 is 1.05 bits per heavy atom. The highest BCUT2D eigenvalue weighted by Crippen LogP contribution is 2.37. The molecule has 0 aliphatic rings. The number of carbonyl (C=O) groups excluding carboxylic acids is 2. The Bertz CT molecular complexity index is 353. The van der Waals surface area contributed by atoms with Crippen molar-refractivity contribution in [2.24, 2.45) is 0 Å². The van der Waals surface area contributed by atoms with Gasteiger partial charge in [0.15, 0.2) is 0 Å². The molecule has 0 aliphatic carbocycles. The molecule has 0 rings (SSSR count). The fourth-order valence-corrected chi connectivity index (χ4v) is 1.74. The van der Waals surface area contributed by atoms with Crippen LogP contribution in [0.15, 0.2) is 0 Å². The molecular weight excluding hydrogens is 304 g/mol. The van der Waals surface area contributed by atoms with E-state index in [1.54, 1.807) is 13.8 Å². The Morgan fingerprint density at radius 3 is 1.27 bits per heavy atom. The van der Waals surface area contributed by atoms with E-state index in [1.807, 2.05) is 0 Å². The smallest absolute Gasteiger partial charge is 0.340 e. The molecule has 0 saturated heterocycles. The Kier molecular flexibility index (Phi) is 7.83. The first-order valence-corrected chi connectivity index (χ1v) is 7.30. The van der Waals surface area contributed by atoms with Gasteiger partial charge >= 0.3 is 11.8 Å². The number of nitrogens with zero attached hydrogens (tertiary/aromatic N) is 2. The van der Waals surface area contributed by atoms with E-state index in [0.717, 1.165) is 14.1 Å². The van der Waals surface area contributed by atoms with Gasteiger partial charge in [0.1, 0.15) is 0 Å². The van der Waals surface area contributed by atoms with Crippen LogP contribution in [0.25, 0.3) is 0 Å². The lowest BCUT2D eigenvalue weighted by molar-refractivity contribution is -0.222. The van der Waals surface area contributed by atoms with Crippen molar-refractivity contribution in [2.75, 3.05) is 27.2 Å². The van der Waals surface area contributed by atoms with Crippen molar-refractivity contribution < 1.29 is 27.2 Å². The van der Waals surface area contributed by atoms with Crippen molar-refractivity contribution >= 4 is 11.8 Å².